The highest BCUT2D eigenvalue weighted by Gasteiger charge is 2.49. The van der Waals surface area contributed by atoms with Crippen LogP contribution in [-0.4, -0.2) is 82.2 Å². The van der Waals surface area contributed by atoms with Crippen molar-refractivity contribution in [1.82, 2.24) is 20.0 Å². The molecule has 0 atom stereocenters. The average Bonchev–Trinajstić information content (AvgIpc) is 3.03. The van der Waals surface area contributed by atoms with E-state index in [-0.39, 0.29) is 16.7 Å². The molecule has 2 aliphatic rings. The summed E-state index contributed by atoms with van der Waals surface area (Å²) in [5.74, 6) is -0.390. The molecule has 37 heavy (non-hydrogen) atoms. The maximum atomic E-state index is 13.5. The molecule has 202 valence electrons. The minimum absolute atomic E-state index is 0.0149. The molecule has 0 unspecified atom stereocenters. The topological polar surface area (TPSA) is 65.8 Å². The monoisotopic (exact) mass is 554 g/mol. The molecule has 2 heterocycles. The zero-order chi connectivity index (χ0) is 27.4. The van der Waals surface area contributed by atoms with Crippen LogP contribution in [-0.2, 0) is 11.0 Å². The first-order chi connectivity index (χ1) is 17.4. The Bertz CT molecular complexity index is 1060. The fraction of sp³-hybridized carbons (Fsp3) is 0.600. The van der Waals surface area contributed by atoms with Crippen LogP contribution in [0.4, 0.5) is 18.9 Å². The largest absolute Gasteiger partial charge is 0.417 e. The van der Waals surface area contributed by atoms with E-state index in [1.807, 2.05) is 0 Å². The van der Waals surface area contributed by atoms with E-state index in [0.717, 1.165) is 80.7 Å². The summed E-state index contributed by atoms with van der Waals surface area (Å²) in [5.41, 5.74) is -2.55. The maximum Gasteiger partial charge on any atom is 0.417 e. The fourth-order valence-electron chi connectivity index (χ4n) is 4.57. The van der Waals surface area contributed by atoms with Crippen LogP contribution >= 0.6 is 24.4 Å². The third-order valence-corrected chi connectivity index (χ3v) is 7.61. The molecule has 2 saturated heterocycles. The Labute approximate surface area is 227 Å². The summed E-state index contributed by atoms with van der Waals surface area (Å²) in [6.07, 6.45) is -2.01. The molecule has 1 aromatic rings. The Balaban J connectivity index is 1.57. The number of carbonyl (C=O) groups excluding carboxylic acids is 1. The Kier molecular flexibility index (Phi) is 9.37. The van der Waals surface area contributed by atoms with Gasteiger partial charge < -0.3 is 15.1 Å². The lowest BCUT2D eigenvalue weighted by atomic mass is 10.0. The maximum absolute atomic E-state index is 13.5. The summed E-state index contributed by atoms with van der Waals surface area (Å²) in [7, 11) is 0. The van der Waals surface area contributed by atoms with Gasteiger partial charge in [0.1, 0.15) is 5.54 Å². The third-order valence-electron chi connectivity index (χ3n) is 6.80. The number of carbonyl (C=O) groups is 1. The average molecular weight is 555 g/mol. The van der Waals surface area contributed by atoms with E-state index in [1.165, 1.54) is 6.07 Å². The molecule has 2 aliphatic heterocycles. The van der Waals surface area contributed by atoms with Gasteiger partial charge in [-0.15, -0.1) is 0 Å². The predicted molar refractivity (Wildman–Crippen MR) is 145 cm³/mol. The van der Waals surface area contributed by atoms with Crippen LogP contribution in [0.2, 0.25) is 0 Å². The van der Waals surface area contributed by atoms with E-state index in [4.69, 9.17) is 29.7 Å². The number of piperazine rings is 1. The Morgan fingerprint density at radius 1 is 1.16 bits per heavy atom. The predicted octanol–water partition coefficient (Wildman–Crippen LogP) is 3.97. The van der Waals surface area contributed by atoms with Gasteiger partial charge in [-0.1, -0.05) is 6.92 Å². The molecule has 0 bridgehead atoms. The second-order valence-electron chi connectivity index (χ2n) is 9.74. The highest BCUT2D eigenvalue weighted by Crippen LogP contribution is 2.37. The van der Waals surface area contributed by atoms with Gasteiger partial charge in [0.2, 0.25) is 0 Å². The summed E-state index contributed by atoms with van der Waals surface area (Å²) in [6, 6.07) is 4.80. The Morgan fingerprint density at radius 3 is 2.41 bits per heavy atom. The number of nitriles is 1. The van der Waals surface area contributed by atoms with E-state index in [0.29, 0.717) is 6.54 Å². The van der Waals surface area contributed by atoms with Crippen molar-refractivity contribution < 1.29 is 18.0 Å². The highest BCUT2D eigenvalue weighted by atomic mass is 32.1. The second-order valence-corrected chi connectivity index (χ2v) is 10.5. The van der Waals surface area contributed by atoms with Crippen molar-refractivity contribution in [3.8, 4) is 6.07 Å². The van der Waals surface area contributed by atoms with Crippen molar-refractivity contribution in [2.45, 2.75) is 51.7 Å². The van der Waals surface area contributed by atoms with Gasteiger partial charge in [0.15, 0.2) is 10.2 Å². The quantitative estimate of drug-likeness (QED) is 0.383. The summed E-state index contributed by atoms with van der Waals surface area (Å²) in [5, 5.41) is 13.3. The number of amides is 1. The minimum atomic E-state index is -4.72. The smallest absolute Gasteiger partial charge is 0.363 e. The fourth-order valence-corrected chi connectivity index (χ4v) is 5.36. The van der Waals surface area contributed by atoms with E-state index < -0.39 is 22.8 Å². The van der Waals surface area contributed by atoms with Crippen LogP contribution in [0.3, 0.4) is 0 Å². The summed E-state index contributed by atoms with van der Waals surface area (Å²) < 4.78 is 40.4. The van der Waals surface area contributed by atoms with Gasteiger partial charge in [-0.25, -0.2) is 0 Å². The number of unbranched alkanes of at least 4 members (excludes halogenated alkanes) is 1. The summed E-state index contributed by atoms with van der Waals surface area (Å²) in [4.78, 5) is 20.7. The van der Waals surface area contributed by atoms with Crippen molar-refractivity contribution in [2.75, 3.05) is 50.7 Å². The number of benzene rings is 1. The molecule has 1 N–H and O–H groups in total. The molecule has 2 fully saturated rings. The van der Waals surface area contributed by atoms with E-state index in [2.05, 4.69) is 22.0 Å². The van der Waals surface area contributed by atoms with Gasteiger partial charge in [0.05, 0.1) is 22.9 Å². The first-order valence-corrected chi connectivity index (χ1v) is 13.3. The van der Waals surface area contributed by atoms with Crippen molar-refractivity contribution in [3.63, 3.8) is 0 Å². The van der Waals surface area contributed by atoms with Crippen LogP contribution in [0.5, 0.6) is 0 Å². The lowest BCUT2D eigenvalue weighted by Gasteiger charge is -2.36. The normalized spacial score (nSPS) is 18.4. The molecule has 0 aromatic heterocycles. The van der Waals surface area contributed by atoms with Crippen LogP contribution < -0.4 is 10.2 Å². The van der Waals surface area contributed by atoms with Gasteiger partial charge >= 0.3 is 6.18 Å². The number of nitrogens with one attached hydrogen (secondary N) is 1. The number of halogens is 3. The van der Waals surface area contributed by atoms with Gasteiger partial charge in [0, 0.05) is 39.3 Å². The lowest BCUT2D eigenvalue weighted by Crippen LogP contribution is -2.51. The minimum Gasteiger partial charge on any atom is -0.363 e. The van der Waals surface area contributed by atoms with E-state index in [9.17, 15) is 18.0 Å². The molecule has 0 radical (unpaired) electrons. The van der Waals surface area contributed by atoms with Crippen molar-refractivity contribution in [3.05, 3.63) is 29.3 Å². The molecule has 1 aromatic carbocycles. The van der Waals surface area contributed by atoms with E-state index >= 15 is 0 Å². The molecule has 0 saturated carbocycles. The number of nitrogens with zero attached hydrogens (tertiary/aromatic N) is 5. The van der Waals surface area contributed by atoms with Crippen LogP contribution in [0.15, 0.2) is 18.2 Å². The molecule has 1 amide bonds. The second kappa shape index (κ2) is 11.9. The molecular weight excluding hydrogens is 521 g/mol. The number of anilines is 1. The zero-order valence-corrected chi connectivity index (χ0v) is 23.0. The Hall–Kier alpha value is -2.49. The standard InChI is InChI=1S/C25H33F3N6OS2/c1-4-9-30-22(36)32-14-12-31(13-15-32)10-5-6-11-33-23(37)34(21(35)24(33,2)3)19-8-7-18(17-29)20(16-19)25(26,27)28/h7-8,16H,4-6,9-15H2,1-3H3,(H,30,36). The highest BCUT2D eigenvalue weighted by molar-refractivity contribution is 7.80. The first-order valence-electron chi connectivity index (χ1n) is 12.4. The van der Waals surface area contributed by atoms with Crippen molar-refractivity contribution in [1.29, 1.82) is 5.26 Å². The van der Waals surface area contributed by atoms with Crippen LogP contribution in [0, 0.1) is 11.3 Å². The van der Waals surface area contributed by atoms with Crippen LogP contribution in [0.1, 0.15) is 51.2 Å². The zero-order valence-electron chi connectivity index (χ0n) is 21.4. The Morgan fingerprint density at radius 2 is 1.81 bits per heavy atom. The summed E-state index contributed by atoms with van der Waals surface area (Å²) in [6.45, 7) is 11.5. The number of hydrogen-bond donors (Lipinski definition) is 1. The molecule has 3 rings (SSSR count). The van der Waals surface area contributed by atoms with Crippen molar-refractivity contribution in [2.24, 2.45) is 0 Å². The molecule has 12 heteroatoms. The molecular formula is C25H33F3N6OS2. The number of alkyl halides is 3. The van der Waals surface area contributed by atoms with Crippen molar-refractivity contribution >= 4 is 46.3 Å². The number of rotatable bonds is 8. The SMILES string of the molecule is CCCNC(=S)N1CCN(CCCCN2C(=S)N(c3ccc(C#N)c(C(F)(F)F)c3)C(=O)C2(C)C)CC1. The summed E-state index contributed by atoms with van der Waals surface area (Å²) >= 11 is 11.0. The third kappa shape index (κ3) is 6.51. The van der Waals surface area contributed by atoms with Gasteiger partial charge in [-0.2, -0.15) is 18.4 Å². The van der Waals surface area contributed by atoms with Gasteiger partial charge in [0.25, 0.3) is 5.91 Å². The van der Waals surface area contributed by atoms with E-state index in [1.54, 1.807) is 24.8 Å². The lowest BCUT2D eigenvalue weighted by molar-refractivity contribution is -0.137. The van der Waals surface area contributed by atoms with Gasteiger partial charge in [-0.3, -0.25) is 14.6 Å². The molecule has 0 spiro atoms. The number of thiocarbonyl (C=S) groups is 2. The number of hydrogen-bond acceptors (Lipinski definition) is 5. The van der Waals surface area contributed by atoms with Crippen LogP contribution in [0.25, 0.3) is 0 Å². The molecule has 0 aliphatic carbocycles. The van der Waals surface area contributed by atoms with Gasteiger partial charge in [-0.05, 0) is 82.3 Å². The molecule has 7 nitrogen and oxygen atoms in total. The first kappa shape index (κ1) is 29.1.